The van der Waals surface area contributed by atoms with Crippen LogP contribution in [0.25, 0.3) is 0 Å². The first kappa shape index (κ1) is 11.2. The molecule has 0 fully saturated rings. The summed E-state index contributed by atoms with van der Waals surface area (Å²) in [6.07, 6.45) is 1.15. The van der Waals surface area contributed by atoms with Gasteiger partial charge in [-0.15, -0.1) is 0 Å². The van der Waals surface area contributed by atoms with Crippen LogP contribution in [0.5, 0.6) is 5.75 Å². The Morgan fingerprint density at radius 3 is 3.00 bits per heavy atom. The molecule has 2 N–H and O–H groups in total. The van der Waals surface area contributed by atoms with Gasteiger partial charge in [-0.2, -0.15) is 0 Å². The van der Waals surface area contributed by atoms with Crippen molar-refractivity contribution in [1.82, 2.24) is 10.6 Å². The molecule has 1 aromatic carbocycles. The highest BCUT2D eigenvalue weighted by Crippen LogP contribution is 2.27. The van der Waals surface area contributed by atoms with Crippen molar-refractivity contribution in [2.45, 2.75) is 19.4 Å². The molecule has 1 aliphatic rings. The smallest absolute Gasteiger partial charge is 0.166 e. The van der Waals surface area contributed by atoms with E-state index in [0.717, 1.165) is 25.3 Å². The molecule has 0 radical (unpaired) electrons. The van der Waals surface area contributed by atoms with Gasteiger partial charge in [0.2, 0.25) is 0 Å². The maximum Gasteiger partial charge on any atom is 0.166 e. The number of benzene rings is 1. The van der Waals surface area contributed by atoms with E-state index in [9.17, 15) is 0 Å². The van der Waals surface area contributed by atoms with E-state index in [-0.39, 0.29) is 6.10 Å². The first-order chi connectivity index (χ1) is 7.79. The number of para-hydroxylation sites is 1. The highest BCUT2D eigenvalue weighted by atomic mass is 32.1. The van der Waals surface area contributed by atoms with Crippen molar-refractivity contribution < 1.29 is 4.74 Å². The van der Waals surface area contributed by atoms with Crippen LogP contribution in [0.2, 0.25) is 0 Å². The zero-order valence-corrected chi connectivity index (χ0v) is 10.1. The monoisotopic (exact) mass is 236 g/mol. The van der Waals surface area contributed by atoms with Crippen LogP contribution >= 0.6 is 12.2 Å². The number of hydrogen-bond donors (Lipinski definition) is 2. The van der Waals surface area contributed by atoms with E-state index in [4.69, 9.17) is 17.0 Å². The van der Waals surface area contributed by atoms with E-state index in [2.05, 4.69) is 16.7 Å². The Bertz CT molecular complexity index is 356. The van der Waals surface area contributed by atoms with E-state index in [1.165, 1.54) is 5.56 Å². The fraction of sp³-hybridized carbons (Fsp3) is 0.417. The third-order valence-corrected chi connectivity index (χ3v) is 2.83. The number of fused-ring (bicyclic) bond motifs is 1. The molecular formula is C12H16N2OS. The van der Waals surface area contributed by atoms with Crippen molar-refractivity contribution in [3.8, 4) is 5.75 Å². The number of ether oxygens (including phenoxy) is 1. The van der Waals surface area contributed by atoms with Crippen LogP contribution in [-0.2, 0) is 6.42 Å². The molecule has 0 aliphatic carbocycles. The van der Waals surface area contributed by atoms with Gasteiger partial charge in [0, 0.05) is 13.0 Å². The van der Waals surface area contributed by atoms with Crippen LogP contribution in [0.15, 0.2) is 24.3 Å². The number of rotatable bonds is 3. The molecule has 0 spiro atoms. The third-order valence-electron chi connectivity index (χ3n) is 2.54. The second-order valence-corrected chi connectivity index (χ2v) is 4.20. The Morgan fingerprint density at radius 1 is 1.44 bits per heavy atom. The molecule has 4 heteroatoms. The molecule has 2 rings (SSSR count). The summed E-state index contributed by atoms with van der Waals surface area (Å²) in [7, 11) is 0. The first-order valence-corrected chi connectivity index (χ1v) is 5.96. The van der Waals surface area contributed by atoms with Crippen LogP contribution in [0.3, 0.4) is 0 Å². The van der Waals surface area contributed by atoms with Gasteiger partial charge in [0.1, 0.15) is 11.9 Å². The lowest BCUT2D eigenvalue weighted by Gasteiger charge is -2.13. The van der Waals surface area contributed by atoms with Crippen molar-refractivity contribution in [3.63, 3.8) is 0 Å². The Labute approximate surface area is 101 Å². The van der Waals surface area contributed by atoms with E-state index >= 15 is 0 Å². The van der Waals surface area contributed by atoms with E-state index in [1.54, 1.807) is 0 Å². The van der Waals surface area contributed by atoms with Crippen molar-refractivity contribution >= 4 is 17.3 Å². The molecule has 0 amide bonds. The molecule has 1 atom stereocenters. The third kappa shape index (κ3) is 2.64. The quantitative estimate of drug-likeness (QED) is 0.779. The maximum atomic E-state index is 5.79. The van der Waals surface area contributed by atoms with Gasteiger partial charge in [-0.25, -0.2) is 0 Å². The average Bonchev–Trinajstić information content (AvgIpc) is 2.69. The number of thiocarbonyl (C=S) groups is 1. The lowest BCUT2D eigenvalue weighted by molar-refractivity contribution is 0.235. The lowest BCUT2D eigenvalue weighted by Crippen LogP contribution is -2.40. The summed E-state index contributed by atoms with van der Waals surface area (Å²) in [5, 5.41) is 6.91. The second-order valence-electron chi connectivity index (χ2n) is 3.79. The Kier molecular flexibility index (Phi) is 3.62. The van der Waals surface area contributed by atoms with Gasteiger partial charge in [-0.1, -0.05) is 18.2 Å². The summed E-state index contributed by atoms with van der Waals surface area (Å²) >= 11 is 5.10. The van der Waals surface area contributed by atoms with E-state index < -0.39 is 0 Å². The topological polar surface area (TPSA) is 33.3 Å². The molecule has 1 unspecified atom stereocenters. The zero-order chi connectivity index (χ0) is 11.4. The largest absolute Gasteiger partial charge is 0.488 e. The molecule has 0 bridgehead atoms. The fourth-order valence-corrected chi connectivity index (χ4v) is 2.03. The van der Waals surface area contributed by atoms with Crippen LogP contribution in [0, 0.1) is 0 Å². The van der Waals surface area contributed by atoms with Crippen LogP contribution in [-0.4, -0.2) is 24.3 Å². The van der Waals surface area contributed by atoms with Gasteiger partial charge in [0.05, 0.1) is 6.54 Å². The normalized spacial score (nSPS) is 17.4. The molecule has 0 saturated carbocycles. The number of hydrogen-bond acceptors (Lipinski definition) is 2. The van der Waals surface area contributed by atoms with Gasteiger partial charge in [-0.05, 0) is 30.8 Å². The van der Waals surface area contributed by atoms with Crippen molar-refractivity contribution in [3.05, 3.63) is 29.8 Å². The highest BCUT2D eigenvalue weighted by molar-refractivity contribution is 7.80. The second kappa shape index (κ2) is 5.16. The summed E-state index contributed by atoms with van der Waals surface area (Å²) in [5.74, 6) is 1.00. The minimum Gasteiger partial charge on any atom is -0.488 e. The summed E-state index contributed by atoms with van der Waals surface area (Å²) in [4.78, 5) is 0. The molecule has 0 saturated heterocycles. The minimum atomic E-state index is 0.189. The molecule has 16 heavy (non-hydrogen) atoms. The van der Waals surface area contributed by atoms with E-state index in [1.807, 2.05) is 25.1 Å². The summed E-state index contributed by atoms with van der Waals surface area (Å²) < 4.78 is 5.79. The Hall–Kier alpha value is -1.29. The maximum absolute atomic E-state index is 5.79. The summed E-state index contributed by atoms with van der Waals surface area (Å²) in [5.41, 5.74) is 1.28. The molecule has 0 aromatic heterocycles. The van der Waals surface area contributed by atoms with Gasteiger partial charge in [0.25, 0.3) is 0 Å². The fourth-order valence-electron chi connectivity index (χ4n) is 1.80. The van der Waals surface area contributed by atoms with Crippen molar-refractivity contribution in [2.75, 3.05) is 13.1 Å². The molecule has 1 aromatic rings. The predicted octanol–water partition coefficient (Wildman–Crippen LogP) is 1.47. The van der Waals surface area contributed by atoms with Crippen LogP contribution in [0.4, 0.5) is 0 Å². The molecule has 1 heterocycles. The van der Waals surface area contributed by atoms with Gasteiger partial charge < -0.3 is 15.4 Å². The van der Waals surface area contributed by atoms with Crippen LogP contribution < -0.4 is 15.4 Å². The average molecular weight is 236 g/mol. The molecule has 1 aliphatic heterocycles. The predicted molar refractivity (Wildman–Crippen MR) is 68.8 cm³/mol. The van der Waals surface area contributed by atoms with Crippen molar-refractivity contribution in [2.24, 2.45) is 0 Å². The Balaban J connectivity index is 1.81. The Morgan fingerprint density at radius 2 is 2.25 bits per heavy atom. The van der Waals surface area contributed by atoms with Gasteiger partial charge in [0.15, 0.2) is 5.11 Å². The van der Waals surface area contributed by atoms with Gasteiger partial charge >= 0.3 is 0 Å². The standard InChI is InChI=1S/C12H16N2OS/c1-2-13-12(16)14-8-10-7-9-5-3-4-6-11(9)15-10/h3-6,10H,2,7-8H2,1H3,(H2,13,14,16). The summed E-state index contributed by atoms with van der Waals surface area (Å²) in [6, 6.07) is 8.16. The minimum absolute atomic E-state index is 0.189. The SMILES string of the molecule is CCNC(=S)NCC1Cc2ccccc2O1. The number of nitrogens with one attached hydrogen (secondary N) is 2. The molecular weight excluding hydrogens is 220 g/mol. The van der Waals surface area contributed by atoms with E-state index in [0.29, 0.717) is 5.11 Å². The van der Waals surface area contributed by atoms with Gasteiger partial charge in [-0.3, -0.25) is 0 Å². The molecule has 3 nitrogen and oxygen atoms in total. The highest BCUT2D eigenvalue weighted by Gasteiger charge is 2.21. The summed E-state index contributed by atoms with van der Waals surface area (Å²) in [6.45, 7) is 3.62. The van der Waals surface area contributed by atoms with Crippen molar-refractivity contribution in [1.29, 1.82) is 0 Å². The zero-order valence-electron chi connectivity index (χ0n) is 9.32. The molecule has 86 valence electrons. The lowest BCUT2D eigenvalue weighted by atomic mass is 10.1. The first-order valence-electron chi connectivity index (χ1n) is 5.56. The van der Waals surface area contributed by atoms with Crippen LogP contribution in [0.1, 0.15) is 12.5 Å².